The molecule has 4 rings (SSSR count). The Labute approximate surface area is 336 Å². The van der Waals surface area contributed by atoms with Crippen LogP contribution in [0.3, 0.4) is 0 Å². The Kier molecular flexibility index (Phi) is 16.6. The summed E-state index contributed by atoms with van der Waals surface area (Å²) in [6.07, 6.45) is 2.62. The maximum absolute atomic E-state index is 13.8. The zero-order valence-electron chi connectivity index (χ0n) is 32.8. The minimum atomic E-state index is -1.15. The predicted molar refractivity (Wildman–Crippen MR) is 221 cm³/mol. The van der Waals surface area contributed by atoms with Gasteiger partial charge in [0.2, 0.25) is 17.7 Å². The first-order chi connectivity index (χ1) is 27.8. The van der Waals surface area contributed by atoms with E-state index in [4.69, 9.17) is 11.5 Å². The number of rotatable bonds is 19. The quantitative estimate of drug-likeness (QED) is 0.0285. The summed E-state index contributed by atoms with van der Waals surface area (Å²) in [7, 11) is 1.52. The van der Waals surface area contributed by atoms with Crippen molar-refractivity contribution in [3.8, 4) is 0 Å². The molecule has 0 fully saturated rings. The lowest BCUT2D eigenvalue weighted by Crippen LogP contribution is -2.59. The van der Waals surface area contributed by atoms with Gasteiger partial charge in [-0.05, 0) is 54.5 Å². The van der Waals surface area contributed by atoms with Gasteiger partial charge in [0.1, 0.15) is 24.2 Å². The fourth-order valence-electron chi connectivity index (χ4n) is 6.15. The lowest BCUT2D eigenvalue weighted by atomic mass is 10.0. The summed E-state index contributed by atoms with van der Waals surface area (Å²) in [5.41, 5.74) is 18.9. The van der Waals surface area contributed by atoms with Gasteiger partial charge in [0, 0.05) is 49.1 Å². The molecule has 0 saturated heterocycles. The molecule has 3 aromatic carbocycles. The van der Waals surface area contributed by atoms with Crippen LogP contribution in [0.25, 0.3) is 10.9 Å². The number of urea groups is 1. The Morgan fingerprint density at radius 1 is 0.690 bits per heavy atom. The molecule has 0 aliphatic heterocycles. The molecule has 1 aromatic heterocycles. The number of aliphatic imine (C=N–C) groups is 1. The lowest BCUT2D eigenvalue weighted by Gasteiger charge is -2.26. The van der Waals surface area contributed by atoms with E-state index >= 15 is 0 Å². The molecule has 0 bridgehead atoms. The molecule has 0 radical (unpaired) electrons. The third kappa shape index (κ3) is 13.7. The molecule has 7 amide bonds. The maximum atomic E-state index is 13.8. The van der Waals surface area contributed by atoms with Gasteiger partial charge in [-0.3, -0.25) is 34.4 Å². The van der Waals surface area contributed by atoms with Crippen molar-refractivity contribution in [2.24, 2.45) is 22.4 Å². The Morgan fingerprint density at radius 3 is 2.00 bits per heavy atom. The molecule has 0 spiro atoms. The van der Waals surface area contributed by atoms with Gasteiger partial charge in [-0.15, -0.1) is 0 Å². The third-order valence-corrected chi connectivity index (χ3v) is 9.18. The standard InChI is InChI=1S/C41H53N11O6/c1-25(2)21-33(50-41(58)52-51-39(57)34(22-26-13-6-4-7-14-26)49-36(54)27-15-8-5-9-16-27)38(56)47-31(19-12-20-45-40(43)44-3)37(55)48-32(35(42)53)23-28-24-46-30-18-11-10-17-29(28)30/h4-11,13-18,24-25,31-34,46H,12,19-23H2,1-3H3,(H2,42,53)(H,47,56)(H,48,55)(H,49,54)(H,51,57)(H3,43,44,45)(H2,50,52,58)/t31-,32-,33-,34-/m0/s1. The number of amides is 7. The van der Waals surface area contributed by atoms with Gasteiger partial charge in [0.05, 0.1) is 0 Å². The molecule has 1 heterocycles. The third-order valence-electron chi connectivity index (χ3n) is 9.18. The van der Waals surface area contributed by atoms with Crippen LogP contribution in [0.4, 0.5) is 4.79 Å². The van der Waals surface area contributed by atoms with Crippen molar-refractivity contribution in [3.05, 3.63) is 108 Å². The maximum Gasteiger partial charge on any atom is 0.334 e. The van der Waals surface area contributed by atoms with Crippen molar-refractivity contribution in [2.75, 3.05) is 13.6 Å². The van der Waals surface area contributed by atoms with Crippen molar-refractivity contribution in [2.45, 2.75) is 70.1 Å². The van der Waals surface area contributed by atoms with E-state index in [9.17, 15) is 28.8 Å². The summed E-state index contributed by atoms with van der Waals surface area (Å²) in [6, 6.07) is 19.6. The van der Waals surface area contributed by atoms with Crippen LogP contribution < -0.4 is 48.9 Å². The zero-order valence-corrected chi connectivity index (χ0v) is 32.8. The van der Waals surface area contributed by atoms with Gasteiger partial charge in [0.25, 0.3) is 11.8 Å². The number of primary amides is 1. The van der Waals surface area contributed by atoms with E-state index in [0.29, 0.717) is 18.5 Å². The van der Waals surface area contributed by atoms with Crippen molar-refractivity contribution < 1.29 is 28.8 Å². The molecule has 4 atom stereocenters. The number of hydrogen-bond donors (Lipinski definition) is 10. The van der Waals surface area contributed by atoms with Crippen molar-refractivity contribution in [1.29, 1.82) is 0 Å². The van der Waals surface area contributed by atoms with E-state index in [1.165, 1.54) is 7.05 Å². The normalized spacial score (nSPS) is 13.3. The smallest absolute Gasteiger partial charge is 0.334 e. The van der Waals surface area contributed by atoms with E-state index in [1.54, 1.807) is 60.8 Å². The second kappa shape index (κ2) is 22.0. The molecule has 17 heteroatoms. The number of nitrogens with two attached hydrogens (primary N) is 2. The fourth-order valence-corrected chi connectivity index (χ4v) is 6.15. The summed E-state index contributed by atoms with van der Waals surface area (Å²) in [4.78, 5) is 86.7. The number of fused-ring (bicyclic) bond motifs is 1. The Balaban J connectivity index is 1.44. The average Bonchev–Trinajstić information content (AvgIpc) is 3.62. The molecule has 12 N–H and O–H groups in total. The predicted octanol–water partition coefficient (Wildman–Crippen LogP) is 1.27. The number of hydrazine groups is 1. The molecule has 0 unspecified atom stereocenters. The summed E-state index contributed by atoms with van der Waals surface area (Å²) in [5.74, 6) is -3.17. The lowest BCUT2D eigenvalue weighted by molar-refractivity contribution is -0.132. The number of aromatic amines is 1. The van der Waals surface area contributed by atoms with E-state index in [-0.39, 0.29) is 37.6 Å². The summed E-state index contributed by atoms with van der Waals surface area (Å²) < 4.78 is 0. The van der Waals surface area contributed by atoms with Crippen LogP contribution in [0.1, 0.15) is 54.6 Å². The number of guanidine groups is 1. The van der Waals surface area contributed by atoms with Crippen LogP contribution in [-0.2, 0) is 32.0 Å². The number of para-hydroxylation sites is 1. The number of benzene rings is 3. The first-order valence-corrected chi connectivity index (χ1v) is 19.0. The number of hydrogen-bond acceptors (Lipinski definition) is 7. The highest BCUT2D eigenvalue weighted by atomic mass is 16.2. The van der Waals surface area contributed by atoms with E-state index in [0.717, 1.165) is 22.0 Å². The number of nitrogens with zero attached hydrogens (tertiary/aromatic N) is 1. The molecule has 0 aliphatic rings. The van der Waals surface area contributed by atoms with E-state index in [2.05, 4.69) is 47.4 Å². The second-order valence-corrected chi connectivity index (χ2v) is 14.1. The molecule has 17 nitrogen and oxygen atoms in total. The minimum Gasteiger partial charge on any atom is -0.370 e. The molecule has 4 aromatic rings. The van der Waals surface area contributed by atoms with Crippen molar-refractivity contribution in [3.63, 3.8) is 0 Å². The van der Waals surface area contributed by atoms with Crippen LogP contribution in [0.2, 0.25) is 0 Å². The topological polar surface area (TPSA) is 267 Å². The Hall–Kier alpha value is -6.91. The molecule has 0 saturated carbocycles. The van der Waals surface area contributed by atoms with Gasteiger partial charge < -0.3 is 43.0 Å². The summed E-state index contributed by atoms with van der Waals surface area (Å²) in [5, 5.41) is 14.5. The minimum absolute atomic E-state index is 0.0858. The highest BCUT2D eigenvalue weighted by molar-refractivity contribution is 5.98. The van der Waals surface area contributed by atoms with Gasteiger partial charge in [-0.2, -0.15) is 0 Å². The zero-order chi connectivity index (χ0) is 42.0. The van der Waals surface area contributed by atoms with Gasteiger partial charge in [0.15, 0.2) is 5.96 Å². The first-order valence-electron chi connectivity index (χ1n) is 19.0. The van der Waals surface area contributed by atoms with Crippen molar-refractivity contribution >= 4 is 52.4 Å². The molecular weight excluding hydrogens is 743 g/mol. The second-order valence-electron chi connectivity index (χ2n) is 14.1. The van der Waals surface area contributed by atoms with Crippen LogP contribution in [0.15, 0.2) is 96.1 Å². The Bertz CT molecular complexity index is 2040. The average molecular weight is 796 g/mol. The van der Waals surface area contributed by atoms with Crippen LogP contribution in [0.5, 0.6) is 0 Å². The SMILES string of the molecule is CN=C(N)NCCC[C@H](NC(=O)[C@H](CC(C)C)NC(=O)NNC(=O)[C@H](Cc1ccccc1)NC(=O)c1ccccc1)C(=O)N[C@@H](Cc1c[nH]c2ccccc12)C(N)=O. The fraction of sp³-hybridized carbons (Fsp3) is 0.341. The van der Waals surface area contributed by atoms with E-state index < -0.39 is 59.7 Å². The van der Waals surface area contributed by atoms with Gasteiger partial charge >= 0.3 is 6.03 Å². The summed E-state index contributed by atoms with van der Waals surface area (Å²) >= 11 is 0. The molecule has 58 heavy (non-hydrogen) atoms. The number of carbonyl (C=O) groups is 6. The first kappa shape index (κ1) is 43.8. The van der Waals surface area contributed by atoms with Crippen LogP contribution in [-0.4, -0.2) is 84.3 Å². The number of aromatic nitrogens is 1. The molecular formula is C41H53N11O6. The Morgan fingerprint density at radius 2 is 1.33 bits per heavy atom. The largest absolute Gasteiger partial charge is 0.370 e. The number of H-pyrrole nitrogens is 1. The summed E-state index contributed by atoms with van der Waals surface area (Å²) in [6.45, 7) is 4.02. The number of nitrogens with one attached hydrogen (secondary N) is 8. The highest BCUT2D eigenvalue weighted by Crippen LogP contribution is 2.19. The highest BCUT2D eigenvalue weighted by Gasteiger charge is 2.30. The monoisotopic (exact) mass is 795 g/mol. The van der Waals surface area contributed by atoms with Crippen molar-refractivity contribution in [1.82, 2.24) is 42.4 Å². The molecule has 308 valence electrons. The van der Waals surface area contributed by atoms with Gasteiger partial charge in [-0.25, -0.2) is 10.2 Å². The molecule has 0 aliphatic carbocycles. The van der Waals surface area contributed by atoms with Gasteiger partial charge in [-0.1, -0.05) is 80.6 Å². The van der Waals surface area contributed by atoms with E-state index in [1.807, 2.05) is 44.2 Å². The van der Waals surface area contributed by atoms with Crippen LogP contribution in [0, 0.1) is 5.92 Å². The number of carbonyl (C=O) groups excluding carboxylic acids is 6. The van der Waals surface area contributed by atoms with Crippen LogP contribution >= 0.6 is 0 Å².